The second kappa shape index (κ2) is 15.9. The molecule has 2 bridgehead atoms. The average molecular weight is 717 g/mol. The van der Waals surface area contributed by atoms with Gasteiger partial charge in [0.05, 0.1) is 24.5 Å². The Morgan fingerprint density at radius 3 is 2.51 bits per heavy atom. The van der Waals surface area contributed by atoms with Crippen molar-refractivity contribution in [3.63, 3.8) is 0 Å². The van der Waals surface area contributed by atoms with Gasteiger partial charge in [0, 0.05) is 36.5 Å². The van der Waals surface area contributed by atoms with Gasteiger partial charge in [0.2, 0.25) is 17.7 Å². The molecule has 1 aromatic rings. The number of allylic oxidation sites excluding steroid dienone is 1. The number of unbranched alkanes of at least 4 members (excludes halogenated alkanes) is 3. The number of amides is 3. The summed E-state index contributed by atoms with van der Waals surface area (Å²) in [5.41, 5.74) is -1.06. The molecule has 7 atom stereocenters. The summed E-state index contributed by atoms with van der Waals surface area (Å²) in [7, 11) is 0. The van der Waals surface area contributed by atoms with Crippen LogP contribution in [0.3, 0.4) is 0 Å². The third kappa shape index (κ3) is 7.84. The van der Waals surface area contributed by atoms with Crippen LogP contribution in [0.15, 0.2) is 55.6 Å². The molecule has 3 heterocycles. The van der Waals surface area contributed by atoms with Crippen LogP contribution >= 0.6 is 15.9 Å². The van der Waals surface area contributed by atoms with Gasteiger partial charge in [0.15, 0.2) is 0 Å². The number of aliphatic hydroxyl groups excluding tert-OH is 1. The van der Waals surface area contributed by atoms with E-state index < -0.39 is 47.2 Å². The van der Waals surface area contributed by atoms with Crippen molar-refractivity contribution in [1.29, 1.82) is 0 Å². The van der Waals surface area contributed by atoms with Crippen LogP contribution < -0.4 is 5.32 Å². The van der Waals surface area contributed by atoms with Gasteiger partial charge in [-0.15, -0.1) is 13.2 Å². The Kier molecular flexibility index (Phi) is 12.5. The first-order chi connectivity index (χ1) is 22.4. The molecule has 2 N–H and O–H groups in total. The van der Waals surface area contributed by atoms with Gasteiger partial charge in [0.1, 0.15) is 17.7 Å². The lowest BCUT2D eigenvalue weighted by molar-refractivity contribution is -0.160. The summed E-state index contributed by atoms with van der Waals surface area (Å²) in [4.78, 5) is 58.8. The number of carbonyl (C=O) groups excluding carboxylic acids is 4. The van der Waals surface area contributed by atoms with Crippen LogP contribution in [0.4, 0.5) is 0 Å². The van der Waals surface area contributed by atoms with Crippen molar-refractivity contribution < 1.29 is 33.8 Å². The van der Waals surface area contributed by atoms with Crippen molar-refractivity contribution in [2.45, 2.75) is 99.9 Å². The molecule has 47 heavy (non-hydrogen) atoms. The normalized spacial score (nSPS) is 26.9. The van der Waals surface area contributed by atoms with Crippen LogP contribution in [0.25, 0.3) is 0 Å². The van der Waals surface area contributed by atoms with Gasteiger partial charge < -0.3 is 29.7 Å². The lowest BCUT2D eigenvalue weighted by Gasteiger charge is -2.42. The van der Waals surface area contributed by atoms with Crippen molar-refractivity contribution >= 4 is 39.6 Å². The van der Waals surface area contributed by atoms with Gasteiger partial charge in [-0.05, 0) is 52.0 Å². The number of alkyl halides is 1. The third-order valence-electron chi connectivity index (χ3n) is 9.48. The molecule has 4 rings (SSSR count). The number of fused-ring (bicyclic) bond motifs is 1. The number of benzene rings is 1. The molecule has 10 nitrogen and oxygen atoms in total. The quantitative estimate of drug-likeness (QED) is 0.106. The summed E-state index contributed by atoms with van der Waals surface area (Å²) in [6, 6.07) is 8.25. The van der Waals surface area contributed by atoms with Crippen LogP contribution in [0, 0.1) is 11.8 Å². The summed E-state index contributed by atoms with van der Waals surface area (Å²) in [6.45, 7) is 14.1. The van der Waals surface area contributed by atoms with E-state index in [1.165, 1.54) is 0 Å². The Bertz CT molecular complexity index is 1300. The highest BCUT2D eigenvalue weighted by atomic mass is 79.9. The first kappa shape index (κ1) is 36.8. The number of halogens is 1. The summed E-state index contributed by atoms with van der Waals surface area (Å²) < 4.78 is 12.8. The highest BCUT2D eigenvalue weighted by Crippen LogP contribution is 2.60. The minimum atomic E-state index is -1.21. The van der Waals surface area contributed by atoms with Gasteiger partial charge >= 0.3 is 5.97 Å². The zero-order chi connectivity index (χ0) is 34.4. The summed E-state index contributed by atoms with van der Waals surface area (Å²) in [5.74, 6) is -3.14. The molecule has 11 heteroatoms. The Labute approximate surface area is 287 Å². The smallest absolute Gasteiger partial charge is 0.313 e. The molecule has 1 spiro atoms. The zero-order valence-electron chi connectivity index (χ0n) is 27.9. The van der Waals surface area contributed by atoms with Crippen LogP contribution in [0.2, 0.25) is 0 Å². The molecular weight excluding hydrogens is 666 g/mol. The fourth-order valence-corrected chi connectivity index (χ4v) is 8.22. The largest absolute Gasteiger partial charge is 0.455 e. The molecule has 0 saturated carbocycles. The molecule has 3 aliphatic rings. The molecule has 0 radical (unpaired) electrons. The predicted molar refractivity (Wildman–Crippen MR) is 182 cm³/mol. The third-order valence-corrected chi connectivity index (χ3v) is 10.3. The number of hydrogen-bond acceptors (Lipinski definition) is 7. The number of ether oxygens (including phenoxy) is 2. The highest BCUT2D eigenvalue weighted by molar-refractivity contribution is 9.09. The van der Waals surface area contributed by atoms with E-state index in [0.717, 1.165) is 12.8 Å². The molecule has 0 aromatic heterocycles. The Morgan fingerprint density at radius 2 is 1.87 bits per heavy atom. The zero-order valence-corrected chi connectivity index (χ0v) is 29.5. The summed E-state index contributed by atoms with van der Waals surface area (Å²) >= 11 is 3.73. The Balaban J connectivity index is 1.66. The standard InChI is InChI=1S/C36H50BrN3O7/c1-6-8-18-27(42)38-23-26(24-16-12-11-13-17-24)46-34(45)28-29-32(43)39(20-14-9-10-15-21-41)31(36(29)22-25(37)30(28)47-36)33(44)40(19-7-2)35(3,4)5/h6-7,11-13,16-17,25-26,28-31,41H,1-2,8-10,14-15,18-23H2,3-5H3,(H,38,42)/t25?,26-,28-,29+,30-,31-,36+/m0/s1. The maximum absolute atomic E-state index is 14.6. The maximum Gasteiger partial charge on any atom is 0.313 e. The van der Waals surface area contributed by atoms with Crippen LogP contribution in [0.5, 0.6) is 0 Å². The number of hydrogen-bond donors (Lipinski definition) is 2. The number of nitrogens with one attached hydrogen (secondary N) is 1. The highest BCUT2D eigenvalue weighted by Gasteiger charge is 2.77. The van der Waals surface area contributed by atoms with Gasteiger partial charge in [-0.25, -0.2) is 0 Å². The predicted octanol–water partition coefficient (Wildman–Crippen LogP) is 4.47. The number of esters is 1. The molecule has 3 aliphatic heterocycles. The first-order valence-corrected chi connectivity index (χ1v) is 17.6. The van der Waals surface area contributed by atoms with Crippen LogP contribution in [-0.2, 0) is 28.7 Å². The Hall–Kier alpha value is -3.02. The van der Waals surface area contributed by atoms with E-state index in [4.69, 9.17) is 9.47 Å². The fourth-order valence-electron chi connectivity index (χ4n) is 7.28. The van der Waals surface area contributed by atoms with Gasteiger partial charge in [-0.2, -0.15) is 0 Å². The molecular formula is C36H50BrN3O7. The second-order valence-corrected chi connectivity index (χ2v) is 14.9. The number of aliphatic hydroxyl groups is 1. The minimum Gasteiger partial charge on any atom is -0.455 e. The number of likely N-dealkylation sites (tertiary alicyclic amines) is 1. The van der Waals surface area contributed by atoms with Gasteiger partial charge in [-0.1, -0.05) is 71.3 Å². The van der Waals surface area contributed by atoms with Crippen LogP contribution in [0.1, 0.15) is 77.4 Å². The van der Waals surface area contributed by atoms with Gasteiger partial charge in [0.25, 0.3) is 0 Å². The number of nitrogens with zero attached hydrogens (tertiary/aromatic N) is 2. The van der Waals surface area contributed by atoms with Crippen molar-refractivity contribution in [1.82, 2.24) is 15.1 Å². The van der Waals surface area contributed by atoms with E-state index in [0.29, 0.717) is 44.3 Å². The molecule has 0 aliphatic carbocycles. The van der Waals surface area contributed by atoms with Crippen molar-refractivity contribution in [2.75, 3.05) is 26.2 Å². The SMILES string of the molecule is C=CCCC(=O)NC[C@H](OC(=O)[C@@H]1[C@H]2O[C@@]3(CC2Br)[C@H](C(=O)N(CC=C)C(C)(C)C)N(CCCCCCO)C(=O)[C@@H]13)c1ccccc1. The van der Waals surface area contributed by atoms with Crippen LogP contribution in [-0.4, -0.2) is 93.0 Å². The van der Waals surface area contributed by atoms with E-state index in [-0.39, 0.29) is 42.1 Å². The fraction of sp³-hybridized carbons (Fsp3) is 0.611. The number of carbonyl (C=O) groups is 4. The molecule has 3 amide bonds. The molecule has 1 unspecified atom stereocenters. The van der Waals surface area contributed by atoms with Crippen molar-refractivity contribution in [2.24, 2.45) is 11.8 Å². The van der Waals surface area contributed by atoms with E-state index >= 15 is 0 Å². The van der Waals surface area contributed by atoms with Crippen molar-refractivity contribution in [3.05, 3.63) is 61.2 Å². The monoisotopic (exact) mass is 715 g/mol. The lowest BCUT2D eigenvalue weighted by Crippen LogP contribution is -2.60. The molecule has 1 aromatic carbocycles. The van der Waals surface area contributed by atoms with E-state index in [1.54, 1.807) is 22.0 Å². The van der Waals surface area contributed by atoms with E-state index in [9.17, 15) is 24.3 Å². The van der Waals surface area contributed by atoms with Gasteiger partial charge in [-0.3, -0.25) is 19.2 Å². The van der Waals surface area contributed by atoms with Crippen molar-refractivity contribution in [3.8, 4) is 0 Å². The Morgan fingerprint density at radius 1 is 1.17 bits per heavy atom. The van der Waals surface area contributed by atoms with E-state index in [2.05, 4.69) is 34.4 Å². The average Bonchev–Trinajstić information content (AvgIpc) is 3.63. The molecule has 258 valence electrons. The minimum absolute atomic E-state index is 0.0641. The number of rotatable bonds is 17. The summed E-state index contributed by atoms with van der Waals surface area (Å²) in [5, 5.41) is 12.1. The lowest BCUT2D eigenvalue weighted by atomic mass is 9.70. The maximum atomic E-state index is 14.6. The molecule has 3 fully saturated rings. The summed E-state index contributed by atoms with van der Waals surface area (Å²) in [6.07, 6.45) is 5.97. The second-order valence-electron chi connectivity index (χ2n) is 13.7. The van der Waals surface area contributed by atoms with E-state index in [1.807, 2.05) is 51.1 Å². The topological polar surface area (TPSA) is 125 Å². The molecule has 3 saturated heterocycles. The first-order valence-electron chi connectivity index (χ1n) is 16.7.